The maximum absolute atomic E-state index is 12.7. The molecule has 0 aliphatic rings. The fraction of sp³-hybridized carbons (Fsp3) is 0.308. The molecule has 0 spiro atoms. The summed E-state index contributed by atoms with van der Waals surface area (Å²) in [5.74, 6) is -2.54. The minimum atomic E-state index is -1.31. The van der Waals surface area contributed by atoms with Gasteiger partial charge in [-0.05, 0) is 24.3 Å². The lowest BCUT2D eigenvalue weighted by molar-refractivity contribution is -0.143. The molecular formula is C13H15FN2O4S. The second-order valence-electron chi connectivity index (χ2n) is 4.18. The Bertz CT molecular complexity index is 521. The highest BCUT2D eigenvalue weighted by Gasteiger charge is 2.21. The van der Waals surface area contributed by atoms with Gasteiger partial charge in [0.2, 0.25) is 11.8 Å². The number of aliphatic carboxylic acids is 1. The van der Waals surface area contributed by atoms with E-state index in [9.17, 15) is 18.8 Å². The Morgan fingerprint density at radius 2 is 1.90 bits per heavy atom. The summed E-state index contributed by atoms with van der Waals surface area (Å²) in [4.78, 5) is 33.9. The zero-order valence-electron chi connectivity index (χ0n) is 11.0. The maximum atomic E-state index is 12.7. The number of nitrogens with one attached hydrogen (secondary N) is 1. The third-order valence-electron chi connectivity index (χ3n) is 2.45. The number of primary amides is 1. The molecule has 0 aliphatic heterocycles. The summed E-state index contributed by atoms with van der Waals surface area (Å²) < 4.78 is 12.7. The highest BCUT2D eigenvalue weighted by atomic mass is 32.2. The lowest BCUT2D eigenvalue weighted by atomic mass is 10.2. The number of carboxylic acid groups (broad SMARTS) is 1. The van der Waals surface area contributed by atoms with Crippen LogP contribution in [0.15, 0.2) is 29.2 Å². The SMILES string of the molecule is NC(=O)CC(NC(=O)CCSc1ccc(F)cc1)C(=O)O. The van der Waals surface area contributed by atoms with Crippen LogP contribution >= 0.6 is 11.8 Å². The minimum Gasteiger partial charge on any atom is -0.480 e. The van der Waals surface area contributed by atoms with Gasteiger partial charge in [0, 0.05) is 17.1 Å². The van der Waals surface area contributed by atoms with Crippen molar-refractivity contribution < 1.29 is 23.9 Å². The molecule has 8 heteroatoms. The number of carbonyl (C=O) groups is 3. The molecule has 1 rings (SSSR count). The average molecular weight is 314 g/mol. The number of halogens is 1. The minimum absolute atomic E-state index is 0.0740. The molecule has 1 aromatic carbocycles. The molecule has 0 heterocycles. The first-order chi connectivity index (χ1) is 9.88. The van der Waals surface area contributed by atoms with Gasteiger partial charge in [-0.25, -0.2) is 9.18 Å². The summed E-state index contributed by atoms with van der Waals surface area (Å²) in [6.45, 7) is 0. The van der Waals surface area contributed by atoms with Crippen molar-refractivity contribution in [2.24, 2.45) is 5.73 Å². The van der Waals surface area contributed by atoms with E-state index in [1.54, 1.807) is 12.1 Å². The summed E-state index contributed by atoms with van der Waals surface area (Å²) >= 11 is 1.34. The highest BCUT2D eigenvalue weighted by Crippen LogP contribution is 2.18. The first kappa shape index (κ1) is 17.0. The molecular weight excluding hydrogens is 299 g/mol. The van der Waals surface area contributed by atoms with E-state index in [-0.39, 0.29) is 12.2 Å². The fourth-order valence-electron chi connectivity index (χ4n) is 1.46. The normalized spacial score (nSPS) is 11.7. The van der Waals surface area contributed by atoms with Crippen LogP contribution in [0.5, 0.6) is 0 Å². The van der Waals surface area contributed by atoms with E-state index in [4.69, 9.17) is 10.8 Å². The number of rotatable bonds is 8. The molecule has 0 aliphatic carbocycles. The molecule has 4 N–H and O–H groups in total. The number of nitrogens with two attached hydrogens (primary N) is 1. The van der Waals surface area contributed by atoms with Gasteiger partial charge < -0.3 is 16.2 Å². The van der Waals surface area contributed by atoms with Crippen LogP contribution in [-0.4, -0.2) is 34.7 Å². The molecule has 21 heavy (non-hydrogen) atoms. The van der Waals surface area contributed by atoms with E-state index in [2.05, 4.69) is 5.32 Å². The lowest BCUT2D eigenvalue weighted by Crippen LogP contribution is -2.43. The molecule has 0 bridgehead atoms. The van der Waals surface area contributed by atoms with Crippen molar-refractivity contribution in [2.75, 3.05) is 5.75 Å². The van der Waals surface area contributed by atoms with Crippen LogP contribution in [0, 0.1) is 5.82 Å². The van der Waals surface area contributed by atoms with Crippen LogP contribution in [0.4, 0.5) is 4.39 Å². The molecule has 6 nitrogen and oxygen atoms in total. The summed E-state index contributed by atoms with van der Waals surface area (Å²) in [6, 6.07) is 4.49. The van der Waals surface area contributed by atoms with Gasteiger partial charge in [-0.2, -0.15) is 0 Å². The number of thioether (sulfide) groups is 1. The first-order valence-corrected chi connectivity index (χ1v) is 7.06. The van der Waals surface area contributed by atoms with Gasteiger partial charge >= 0.3 is 5.97 Å². The quantitative estimate of drug-likeness (QED) is 0.614. The number of amides is 2. The van der Waals surface area contributed by atoms with Crippen molar-refractivity contribution in [1.82, 2.24) is 5.32 Å². The highest BCUT2D eigenvalue weighted by molar-refractivity contribution is 7.99. The van der Waals surface area contributed by atoms with Gasteiger partial charge in [0.05, 0.1) is 6.42 Å². The largest absolute Gasteiger partial charge is 0.480 e. The van der Waals surface area contributed by atoms with Crippen LogP contribution < -0.4 is 11.1 Å². The van der Waals surface area contributed by atoms with Crippen molar-refractivity contribution in [3.63, 3.8) is 0 Å². The predicted octanol–water partition coefficient (Wildman–Crippen LogP) is 0.753. The summed E-state index contributed by atoms with van der Waals surface area (Å²) in [5, 5.41) is 11.1. The Kier molecular flexibility index (Phi) is 6.67. The number of carbonyl (C=O) groups excluding carboxylic acids is 2. The third kappa shape index (κ3) is 6.75. The van der Waals surface area contributed by atoms with E-state index in [1.165, 1.54) is 23.9 Å². The molecule has 114 valence electrons. The standard InChI is InChI=1S/C13H15FN2O4S/c14-8-1-3-9(4-2-8)21-6-5-12(18)16-10(13(19)20)7-11(15)17/h1-4,10H,5-7H2,(H2,15,17)(H,16,18)(H,19,20). The Morgan fingerprint density at radius 3 is 2.43 bits per heavy atom. The second kappa shape index (κ2) is 8.25. The van der Waals surface area contributed by atoms with Crippen molar-refractivity contribution in [3.05, 3.63) is 30.1 Å². The van der Waals surface area contributed by atoms with Crippen LogP contribution in [-0.2, 0) is 14.4 Å². The number of hydrogen-bond acceptors (Lipinski definition) is 4. The number of benzene rings is 1. The molecule has 0 aromatic heterocycles. The summed E-state index contributed by atoms with van der Waals surface area (Å²) in [5.41, 5.74) is 4.91. The molecule has 0 fully saturated rings. The van der Waals surface area contributed by atoms with E-state index in [0.29, 0.717) is 5.75 Å². The van der Waals surface area contributed by atoms with Crippen LogP contribution in [0.3, 0.4) is 0 Å². The smallest absolute Gasteiger partial charge is 0.326 e. The fourth-order valence-corrected chi connectivity index (χ4v) is 2.31. The summed E-state index contributed by atoms with van der Waals surface area (Å²) in [7, 11) is 0. The second-order valence-corrected chi connectivity index (χ2v) is 5.35. The lowest BCUT2D eigenvalue weighted by Gasteiger charge is -2.12. The van der Waals surface area contributed by atoms with Crippen molar-refractivity contribution >= 4 is 29.5 Å². The molecule has 0 saturated heterocycles. The maximum Gasteiger partial charge on any atom is 0.326 e. The summed E-state index contributed by atoms with van der Waals surface area (Å²) in [6.07, 6.45) is -0.378. The van der Waals surface area contributed by atoms with Gasteiger partial charge in [-0.3, -0.25) is 9.59 Å². The Morgan fingerprint density at radius 1 is 1.29 bits per heavy atom. The zero-order chi connectivity index (χ0) is 15.8. The van der Waals surface area contributed by atoms with Gasteiger partial charge in [-0.1, -0.05) is 0 Å². The topological polar surface area (TPSA) is 109 Å². The molecule has 1 aromatic rings. The molecule has 1 atom stereocenters. The van der Waals surface area contributed by atoms with Gasteiger partial charge in [-0.15, -0.1) is 11.8 Å². The van der Waals surface area contributed by atoms with Crippen molar-refractivity contribution in [1.29, 1.82) is 0 Å². The third-order valence-corrected chi connectivity index (χ3v) is 3.46. The number of carboxylic acids is 1. The number of hydrogen-bond donors (Lipinski definition) is 3. The molecule has 0 saturated carbocycles. The van der Waals surface area contributed by atoms with Crippen LogP contribution in [0.1, 0.15) is 12.8 Å². The molecule has 0 radical (unpaired) electrons. The van der Waals surface area contributed by atoms with Gasteiger partial charge in [0.25, 0.3) is 0 Å². The average Bonchev–Trinajstić information content (AvgIpc) is 2.39. The van der Waals surface area contributed by atoms with E-state index in [0.717, 1.165) is 4.90 Å². The van der Waals surface area contributed by atoms with Crippen molar-refractivity contribution in [2.45, 2.75) is 23.8 Å². The Balaban J connectivity index is 2.37. The van der Waals surface area contributed by atoms with E-state index in [1.807, 2.05) is 0 Å². The first-order valence-electron chi connectivity index (χ1n) is 6.07. The molecule has 1 unspecified atom stereocenters. The van der Waals surface area contributed by atoms with Gasteiger partial charge in [0.15, 0.2) is 0 Å². The predicted molar refractivity (Wildman–Crippen MR) is 75.1 cm³/mol. The van der Waals surface area contributed by atoms with Crippen LogP contribution in [0.2, 0.25) is 0 Å². The zero-order valence-corrected chi connectivity index (χ0v) is 11.9. The molecule has 2 amide bonds. The van der Waals surface area contributed by atoms with E-state index < -0.39 is 30.2 Å². The Labute approximate surface area is 124 Å². The van der Waals surface area contributed by atoms with Crippen LogP contribution in [0.25, 0.3) is 0 Å². The monoisotopic (exact) mass is 314 g/mol. The Hall–Kier alpha value is -2.09. The van der Waals surface area contributed by atoms with Crippen molar-refractivity contribution in [3.8, 4) is 0 Å². The van der Waals surface area contributed by atoms with E-state index >= 15 is 0 Å². The van der Waals surface area contributed by atoms with Gasteiger partial charge in [0.1, 0.15) is 11.9 Å².